The third-order valence-electron chi connectivity index (χ3n) is 2.37. The lowest BCUT2D eigenvalue weighted by Gasteiger charge is -2.13. The normalized spacial score (nSPS) is 20.5. The van der Waals surface area contributed by atoms with Crippen LogP contribution in [-0.4, -0.2) is 33.7 Å². The van der Waals surface area contributed by atoms with Crippen LogP contribution in [0.25, 0.3) is 0 Å². The fourth-order valence-electron chi connectivity index (χ4n) is 1.61. The van der Waals surface area contributed by atoms with Crippen molar-refractivity contribution in [3.8, 4) is 0 Å². The molecule has 82 valence electrons. The van der Waals surface area contributed by atoms with Gasteiger partial charge in [0.1, 0.15) is 5.82 Å². The standard InChI is InChI=1S/C9H14N4OS/c10-5-9(14)12-8-1-3-11-13(8)7-2-4-15-6-7/h1,3,7H,2,4-6,10H2,(H,12,14)/t7-/m1/s1. The van der Waals surface area contributed by atoms with E-state index >= 15 is 0 Å². The van der Waals surface area contributed by atoms with Gasteiger partial charge in [-0.1, -0.05) is 0 Å². The first-order valence-corrected chi connectivity index (χ1v) is 6.08. The summed E-state index contributed by atoms with van der Waals surface area (Å²) in [6.07, 6.45) is 2.81. The van der Waals surface area contributed by atoms with Gasteiger partial charge in [0, 0.05) is 11.8 Å². The van der Waals surface area contributed by atoms with Crippen LogP contribution >= 0.6 is 11.8 Å². The Morgan fingerprint density at radius 2 is 2.67 bits per heavy atom. The molecule has 0 aromatic carbocycles. The molecule has 2 heterocycles. The Labute approximate surface area is 92.4 Å². The average Bonchev–Trinajstić information content (AvgIpc) is 2.86. The SMILES string of the molecule is NCC(=O)Nc1ccnn1[C@@H]1CCSC1. The lowest BCUT2D eigenvalue weighted by Crippen LogP contribution is -2.24. The second-order valence-electron chi connectivity index (χ2n) is 3.43. The van der Waals surface area contributed by atoms with Crippen LogP contribution in [0.2, 0.25) is 0 Å². The Bertz CT molecular complexity index is 346. The van der Waals surface area contributed by atoms with Crippen molar-refractivity contribution < 1.29 is 4.79 Å². The van der Waals surface area contributed by atoms with Gasteiger partial charge < -0.3 is 11.1 Å². The highest BCUT2D eigenvalue weighted by molar-refractivity contribution is 7.99. The first kappa shape index (κ1) is 10.5. The zero-order chi connectivity index (χ0) is 10.7. The minimum Gasteiger partial charge on any atom is -0.322 e. The molecular weight excluding hydrogens is 212 g/mol. The topological polar surface area (TPSA) is 72.9 Å². The zero-order valence-corrected chi connectivity index (χ0v) is 9.17. The Morgan fingerprint density at radius 3 is 3.33 bits per heavy atom. The number of anilines is 1. The van der Waals surface area contributed by atoms with E-state index in [0.29, 0.717) is 6.04 Å². The summed E-state index contributed by atoms with van der Waals surface area (Å²) in [5.74, 6) is 2.79. The minimum absolute atomic E-state index is 0.00456. The molecule has 15 heavy (non-hydrogen) atoms. The molecule has 1 aromatic rings. The van der Waals surface area contributed by atoms with Crippen LogP contribution in [0, 0.1) is 0 Å². The Hall–Kier alpha value is -1.01. The molecule has 2 rings (SSSR count). The number of carbonyl (C=O) groups excluding carboxylic acids is 1. The number of hydrogen-bond acceptors (Lipinski definition) is 4. The van der Waals surface area contributed by atoms with Crippen molar-refractivity contribution in [2.24, 2.45) is 5.73 Å². The Kier molecular flexibility index (Phi) is 3.27. The number of amides is 1. The van der Waals surface area contributed by atoms with Crippen molar-refractivity contribution in [3.05, 3.63) is 12.3 Å². The van der Waals surface area contributed by atoms with Crippen molar-refractivity contribution in [2.75, 3.05) is 23.4 Å². The number of rotatable bonds is 3. The summed E-state index contributed by atoms with van der Waals surface area (Å²) in [5.41, 5.74) is 5.25. The summed E-state index contributed by atoms with van der Waals surface area (Å²) >= 11 is 1.92. The van der Waals surface area contributed by atoms with E-state index in [9.17, 15) is 4.79 Å². The predicted octanol–water partition coefficient (Wildman–Crippen LogP) is 0.458. The molecule has 0 unspecified atom stereocenters. The fourth-order valence-corrected chi connectivity index (χ4v) is 2.80. The van der Waals surface area contributed by atoms with Gasteiger partial charge in [-0.2, -0.15) is 16.9 Å². The fraction of sp³-hybridized carbons (Fsp3) is 0.556. The molecule has 3 N–H and O–H groups in total. The molecule has 1 fully saturated rings. The van der Waals surface area contributed by atoms with Crippen LogP contribution in [0.3, 0.4) is 0 Å². The molecule has 6 heteroatoms. The predicted molar refractivity (Wildman–Crippen MR) is 60.9 cm³/mol. The highest BCUT2D eigenvalue weighted by atomic mass is 32.2. The van der Waals surface area contributed by atoms with Crippen LogP contribution in [-0.2, 0) is 4.79 Å². The summed E-state index contributed by atoms with van der Waals surface area (Å²) in [5, 5.41) is 6.98. The molecule has 1 aromatic heterocycles. The van der Waals surface area contributed by atoms with Gasteiger partial charge in [0.05, 0.1) is 18.8 Å². The van der Waals surface area contributed by atoms with E-state index in [1.165, 1.54) is 0 Å². The van der Waals surface area contributed by atoms with Crippen LogP contribution in [0.4, 0.5) is 5.82 Å². The number of nitrogens with one attached hydrogen (secondary N) is 1. The maximum absolute atomic E-state index is 11.2. The van der Waals surface area contributed by atoms with E-state index < -0.39 is 0 Å². The van der Waals surface area contributed by atoms with Gasteiger partial charge in [-0.25, -0.2) is 4.68 Å². The van der Waals surface area contributed by atoms with Gasteiger partial charge in [0.25, 0.3) is 0 Å². The van der Waals surface area contributed by atoms with Gasteiger partial charge in [0.2, 0.25) is 5.91 Å². The highest BCUT2D eigenvalue weighted by Gasteiger charge is 2.20. The minimum atomic E-state index is -0.178. The molecule has 5 nitrogen and oxygen atoms in total. The second-order valence-corrected chi connectivity index (χ2v) is 4.58. The van der Waals surface area contributed by atoms with Crippen LogP contribution in [0.5, 0.6) is 0 Å². The monoisotopic (exact) mass is 226 g/mol. The van der Waals surface area contributed by atoms with Crippen molar-refractivity contribution >= 4 is 23.5 Å². The number of hydrogen-bond donors (Lipinski definition) is 2. The molecule has 0 aliphatic carbocycles. The summed E-state index contributed by atoms with van der Waals surface area (Å²) < 4.78 is 1.88. The smallest absolute Gasteiger partial charge is 0.239 e. The first-order chi connectivity index (χ1) is 7.31. The number of nitrogens with zero attached hydrogens (tertiary/aromatic N) is 2. The van der Waals surface area contributed by atoms with E-state index in [1.54, 1.807) is 12.3 Å². The average molecular weight is 226 g/mol. The summed E-state index contributed by atoms with van der Waals surface area (Å²) in [7, 11) is 0. The molecule has 0 spiro atoms. The van der Waals surface area contributed by atoms with Gasteiger partial charge in [-0.15, -0.1) is 0 Å². The number of thioether (sulfide) groups is 1. The van der Waals surface area contributed by atoms with E-state index in [0.717, 1.165) is 23.7 Å². The first-order valence-electron chi connectivity index (χ1n) is 4.92. The van der Waals surface area contributed by atoms with Crippen molar-refractivity contribution in [1.29, 1.82) is 0 Å². The molecule has 1 amide bonds. The van der Waals surface area contributed by atoms with Gasteiger partial charge in [-0.05, 0) is 12.2 Å². The second kappa shape index (κ2) is 4.67. The maximum Gasteiger partial charge on any atom is 0.239 e. The van der Waals surface area contributed by atoms with Gasteiger partial charge in [-0.3, -0.25) is 4.79 Å². The van der Waals surface area contributed by atoms with Crippen molar-refractivity contribution in [2.45, 2.75) is 12.5 Å². The van der Waals surface area contributed by atoms with Crippen molar-refractivity contribution in [3.63, 3.8) is 0 Å². The lowest BCUT2D eigenvalue weighted by atomic mass is 10.3. The summed E-state index contributed by atoms with van der Waals surface area (Å²) in [6, 6.07) is 2.20. The molecule has 1 aliphatic rings. The third-order valence-corrected chi connectivity index (χ3v) is 3.52. The summed E-state index contributed by atoms with van der Waals surface area (Å²) in [6.45, 7) is 0.00456. The molecule has 1 saturated heterocycles. The molecule has 0 radical (unpaired) electrons. The van der Waals surface area contributed by atoms with E-state index in [-0.39, 0.29) is 12.5 Å². The highest BCUT2D eigenvalue weighted by Crippen LogP contribution is 2.29. The van der Waals surface area contributed by atoms with Crippen LogP contribution < -0.4 is 11.1 Å². The lowest BCUT2D eigenvalue weighted by molar-refractivity contribution is -0.114. The van der Waals surface area contributed by atoms with Gasteiger partial charge in [0.15, 0.2) is 0 Å². The van der Waals surface area contributed by atoms with E-state index in [4.69, 9.17) is 5.73 Å². The van der Waals surface area contributed by atoms with Crippen molar-refractivity contribution in [1.82, 2.24) is 9.78 Å². The third kappa shape index (κ3) is 2.32. The number of aromatic nitrogens is 2. The molecule has 1 atom stereocenters. The maximum atomic E-state index is 11.2. The molecule has 0 bridgehead atoms. The molecule has 0 saturated carbocycles. The van der Waals surface area contributed by atoms with Crippen LogP contribution in [0.1, 0.15) is 12.5 Å². The summed E-state index contributed by atoms with van der Waals surface area (Å²) in [4.78, 5) is 11.2. The van der Waals surface area contributed by atoms with E-state index in [2.05, 4.69) is 10.4 Å². The van der Waals surface area contributed by atoms with Crippen LogP contribution in [0.15, 0.2) is 12.3 Å². The zero-order valence-electron chi connectivity index (χ0n) is 8.35. The molecular formula is C9H14N4OS. The van der Waals surface area contributed by atoms with Gasteiger partial charge >= 0.3 is 0 Å². The quantitative estimate of drug-likeness (QED) is 0.785. The largest absolute Gasteiger partial charge is 0.322 e. The Balaban J connectivity index is 2.10. The Morgan fingerprint density at radius 1 is 1.80 bits per heavy atom. The number of carbonyl (C=O) groups is 1. The van der Waals surface area contributed by atoms with E-state index in [1.807, 2.05) is 16.4 Å². The molecule has 1 aliphatic heterocycles. The number of nitrogens with two attached hydrogens (primary N) is 1.